The van der Waals surface area contributed by atoms with Gasteiger partial charge in [0, 0.05) is 0 Å². The van der Waals surface area contributed by atoms with Gasteiger partial charge in [-0.3, -0.25) is 20.4 Å². The number of hydrogen-bond donors (Lipinski definition) is 2. The summed E-state index contributed by atoms with van der Waals surface area (Å²) in [6.07, 6.45) is 0. The molecule has 7 nitrogen and oxygen atoms in total. The van der Waals surface area contributed by atoms with Crippen LogP contribution in [0.3, 0.4) is 0 Å². The average Bonchev–Trinajstić information content (AvgIpc) is 2.81. The van der Waals surface area contributed by atoms with Crippen LogP contribution in [-0.2, 0) is 16.2 Å². The molecule has 0 radical (unpaired) electrons. The number of carbonyl (C=O) groups is 2. The van der Waals surface area contributed by atoms with Crippen LogP contribution < -0.4 is 25.1 Å². The number of hydrazine groups is 1. The second-order valence-corrected chi connectivity index (χ2v) is 6.68. The predicted octanol–water partition coefficient (Wildman–Crippen LogP) is 3.18. The Morgan fingerprint density at radius 2 is 1.23 bits per heavy atom. The first-order valence-electron chi connectivity index (χ1n) is 9.76. The molecule has 2 amide bonds. The molecule has 3 aromatic rings. The van der Waals surface area contributed by atoms with Gasteiger partial charge in [-0.1, -0.05) is 48.5 Å². The topological polar surface area (TPSA) is 85.9 Å². The number of rotatable bonds is 9. The molecule has 31 heavy (non-hydrogen) atoms. The number of ether oxygens (including phenoxy) is 3. The number of nitrogens with one attached hydrogen (secondary N) is 2. The van der Waals surface area contributed by atoms with Crippen LogP contribution in [0.4, 0.5) is 0 Å². The van der Waals surface area contributed by atoms with Crippen molar-refractivity contribution in [2.45, 2.75) is 13.5 Å². The minimum absolute atomic E-state index is 0.212. The van der Waals surface area contributed by atoms with Gasteiger partial charge in [0.1, 0.15) is 23.9 Å². The quantitative estimate of drug-likeness (QED) is 0.520. The largest absolute Gasteiger partial charge is 0.489 e. The fraction of sp³-hybridized carbons (Fsp3) is 0.167. The molecule has 0 saturated heterocycles. The third kappa shape index (κ3) is 7.40. The standard InChI is InChI=1S/C24H24N2O5/c1-18-7-5-6-10-22(18)31-17-24(28)26-25-23(27)16-30-21-13-11-20(12-14-21)29-15-19-8-3-2-4-9-19/h2-14H,15-17H2,1H3,(H,25,27)(H,26,28). The summed E-state index contributed by atoms with van der Waals surface area (Å²) in [5.74, 6) is 0.853. The van der Waals surface area contributed by atoms with Gasteiger partial charge in [0.2, 0.25) is 0 Å². The smallest absolute Gasteiger partial charge is 0.276 e. The molecule has 0 heterocycles. The minimum Gasteiger partial charge on any atom is -0.489 e. The highest BCUT2D eigenvalue weighted by Crippen LogP contribution is 2.18. The summed E-state index contributed by atoms with van der Waals surface area (Å²) in [4.78, 5) is 23.7. The predicted molar refractivity (Wildman–Crippen MR) is 116 cm³/mol. The van der Waals surface area contributed by atoms with E-state index in [1.807, 2.05) is 55.5 Å². The Kier molecular flexibility index (Phi) is 7.88. The van der Waals surface area contributed by atoms with Crippen molar-refractivity contribution in [3.63, 3.8) is 0 Å². The lowest BCUT2D eigenvalue weighted by Crippen LogP contribution is -2.45. The maximum atomic E-state index is 11.9. The zero-order valence-corrected chi connectivity index (χ0v) is 17.2. The monoisotopic (exact) mass is 420 g/mol. The Morgan fingerprint density at radius 1 is 0.677 bits per heavy atom. The molecule has 0 aliphatic rings. The van der Waals surface area contributed by atoms with Crippen molar-refractivity contribution in [1.29, 1.82) is 0 Å². The molecule has 0 bridgehead atoms. The van der Waals surface area contributed by atoms with Crippen molar-refractivity contribution in [3.05, 3.63) is 90.0 Å². The molecule has 0 fully saturated rings. The van der Waals surface area contributed by atoms with Crippen LogP contribution >= 0.6 is 0 Å². The first-order valence-corrected chi connectivity index (χ1v) is 9.76. The summed E-state index contributed by atoms with van der Waals surface area (Å²) >= 11 is 0. The number of amides is 2. The normalized spacial score (nSPS) is 10.1. The Bertz CT molecular complexity index is 990. The van der Waals surface area contributed by atoms with Gasteiger partial charge in [-0.15, -0.1) is 0 Å². The number of para-hydroxylation sites is 1. The average molecular weight is 420 g/mol. The summed E-state index contributed by atoms with van der Waals surface area (Å²) in [5, 5.41) is 0. The maximum absolute atomic E-state index is 11.9. The van der Waals surface area contributed by atoms with Gasteiger partial charge in [-0.05, 0) is 48.4 Å². The number of hydrogen-bond acceptors (Lipinski definition) is 5. The van der Waals surface area contributed by atoms with E-state index in [-0.39, 0.29) is 13.2 Å². The third-order valence-electron chi connectivity index (χ3n) is 4.24. The van der Waals surface area contributed by atoms with E-state index in [4.69, 9.17) is 14.2 Å². The zero-order chi connectivity index (χ0) is 21.9. The van der Waals surface area contributed by atoms with E-state index in [2.05, 4.69) is 10.9 Å². The molecule has 0 saturated carbocycles. The van der Waals surface area contributed by atoms with Crippen molar-refractivity contribution in [2.75, 3.05) is 13.2 Å². The van der Waals surface area contributed by atoms with E-state index in [1.165, 1.54) is 0 Å². The van der Waals surface area contributed by atoms with Crippen molar-refractivity contribution in [2.24, 2.45) is 0 Å². The van der Waals surface area contributed by atoms with E-state index in [9.17, 15) is 9.59 Å². The van der Waals surface area contributed by atoms with Crippen molar-refractivity contribution in [1.82, 2.24) is 10.9 Å². The lowest BCUT2D eigenvalue weighted by molar-refractivity contribution is -0.131. The highest BCUT2D eigenvalue weighted by molar-refractivity contribution is 5.83. The first-order chi connectivity index (χ1) is 15.1. The zero-order valence-electron chi connectivity index (χ0n) is 17.2. The molecule has 0 unspecified atom stereocenters. The Hall–Kier alpha value is -4.00. The molecule has 2 N–H and O–H groups in total. The number of aryl methyl sites for hydroxylation is 1. The summed E-state index contributed by atoms with van der Waals surface area (Å²) in [6.45, 7) is 1.89. The fourth-order valence-electron chi connectivity index (χ4n) is 2.60. The van der Waals surface area contributed by atoms with Crippen molar-refractivity contribution >= 4 is 11.8 Å². The molecule has 0 aromatic heterocycles. The Labute approximate surface area is 180 Å². The van der Waals surface area contributed by atoms with Gasteiger partial charge < -0.3 is 14.2 Å². The summed E-state index contributed by atoms with van der Waals surface area (Å²) in [5.41, 5.74) is 6.57. The van der Waals surface area contributed by atoms with Crippen LogP contribution in [0.15, 0.2) is 78.9 Å². The van der Waals surface area contributed by atoms with Crippen molar-refractivity contribution in [3.8, 4) is 17.2 Å². The molecule has 3 rings (SSSR count). The number of benzene rings is 3. The van der Waals surface area contributed by atoms with Crippen molar-refractivity contribution < 1.29 is 23.8 Å². The van der Waals surface area contributed by atoms with Gasteiger partial charge in [0.05, 0.1) is 0 Å². The van der Waals surface area contributed by atoms with E-state index in [0.29, 0.717) is 23.9 Å². The summed E-state index contributed by atoms with van der Waals surface area (Å²) < 4.78 is 16.5. The highest BCUT2D eigenvalue weighted by Gasteiger charge is 2.07. The van der Waals surface area contributed by atoms with Crippen LogP contribution in [0.5, 0.6) is 17.2 Å². The maximum Gasteiger partial charge on any atom is 0.276 e. The fourth-order valence-corrected chi connectivity index (χ4v) is 2.60. The second-order valence-electron chi connectivity index (χ2n) is 6.68. The third-order valence-corrected chi connectivity index (χ3v) is 4.24. The summed E-state index contributed by atoms with van der Waals surface area (Å²) in [7, 11) is 0. The SMILES string of the molecule is Cc1ccccc1OCC(=O)NNC(=O)COc1ccc(OCc2ccccc2)cc1. The van der Waals surface area contributed by atoms with E-state index in [1.54, 1.807) is 30.3 Å². The van der Waals surface area contributed by atoms with Gasteiger partial charge in [0.25, 0.3) is 11.8 Å². The lowest BCUT2D eigenvalue weighted by atomic mass is 10.2. The van der Waals surface area contributed by atoms with Crippen LogP contribution in [-0.4, -0.2) is 25.0 Å². The van der Waals surface area contributed by atoms with Gasteiger partial charge >= 0.3 is 0 Å². The molecular formula is C24H24N2O5. The molecule has 0 atom stereocenters. The molecule has 0 aliphatic heterocycles. The van der Waals surface area contributed by atoms with E-state index >= 15 is 0 Å². The molecule has 0 spiro atoms. The van der Waals surface area contributed by atoms with Crippen LogP contribution in [0.2, 0.25) is 0 Å². The molecule has 160 valence electrons. The second kappa shape index (κ2) is 11.3. The Balaban J connectivity index is 1.33. The van der Waals surface area contributed by atoms with Gasteiger partial charge in [-0.2, -0.15) is 0 Å². The Morgan fingerprint density at radius 3 is 1.87 bits per heavy atom. The van der Waals surface area contributed by atoms with Crippen LogP contribution in [0.1, 0.15) is 11.1 Å². The minimum atomic E-state index is -0.492. The lowest BCUT2D eigenvalue weighted by Gasteiger charge is -2.11. The molecular weight excluding hydrogens is 396 g/mol. The van der Waals surface area contributed by atoms with E-state index in [0.717, 1.165) is 11.1 Å². The highest BCUT2D eigenvalue weighted by atomic mass is 16.5. The first kappa shape index (κ1) is 21.7. The van der Waals surface area contributed by atoms with E-state index < -0.39 is 11.8 Å². The molecule has 3 aromatic carbocycles. The summed E-state index contributed by atoms with van der Waals surface area (Å²) in [6, 6.07) is 24.2. The van der Waals surface area contributed by atoms with Crippen LogP contribution in [0, 0.1) is 6.92 Å². The number of carbonyl (C=O) groups excluding carboxylic acids is 2. The molecule has 7 heteroatoms. The van der Waals surface area contributed by atoms with Gasteiger partial charge in [-0.25, -0.2) is 0 Å². The van der Waals surface area contributed by atoms with Crippen LogP contribution in [0.25, 0.3) is 0 Å². The van der Waals surface area contributed by atoms with Gasteiger partial charge in [0.15, 0.2) is 13.2 Å². The molecule has 0 aliphatic carbocycles.